The Balaban J connectivity index is 2.33. The molecule has 1 aliphatic heterocycles. The van der Waals surface area contributed by atoms with Gasteiger partial charge in [0, 0.05) is 48.7 Å². The Morgan fingerprint density at radius 3 is 2.53 bits per heavy atom. The number of anilines is 1. The number of aryl methyl sites for hydroxylation is 1. The van der Waals surface area contributed by atoms with Gasteiger partial charge < -0.3 is 14.5 Å². The zero-order chi connectivity index (χ0) is 22.5. The number of carbonyl (C=O) groups excluding carboxylic acids is 1. The summed E-state index contributed by atoms with van der Waals surface area (Å²) in [5, 5.41) is 0. The van der Waals surface area contributed by atoms with Crippen LogP contribution in [0.5, 0.6) is 0 Å². The minimum Gasteiger partial charge on any atom is -0.444 e. The lowest BCUT2D eigenvalue weighted by atomic mass is 9.99. The van der Waals surface area contributed by atoms with Crippen LogP contribution < -0.4 is 4.90 Å². The van der Waals surface area contributed by atoms with E-state index >= 15 is 0 Å². The van der Waals surface area contributed by atoms with Crippen molar-refractivity contribution in [2.45, 2.75) is 67.0 Å². The normalized spacial score (nSPS) is 18.9. The van der Waals surface area contributed by atoms with Gasteiger partial charge in [0.2, 0.25) is 0 Å². The van der Waals surface area contributed by atoms with Gasteiger partial charge in [0.05, 0.1) is 5.69 Å². The molecule has 2 heterocycles. The summed E-state index contributed by atoms with van der Waals surface area (Å²) < 4.78 is 5.55. The van der Waals surface area contributed by atoms with Crippen LogP contribution in [0, 0.1) is 6.92 Å². The average Bonchev–Trinajstić information content (AvgIpc) is 2.66. The summed E-state index contributed by atoms with van der Waals surface area (Å²) in [6, 6.07) is 0.0882. The summed E-state index contributed by atoms with van der Waals surface area (Å²) in [4.78, 5) is 30.1. The third-order valence-corrected chi connectivity index (χ3v) is 4.93. The van der Waals surface area contributed by atoms with Crippen molar-refractivity contribution in [2.75, 3.05) is 24.5 Å². The quantitative estimate of drug-likeness (QED) is 0.673. The van der Waals surface area contributed by atoms with E-state index in [1.165, 1.54) is 0 Å². The minimum atomic E-state index is -0.501. The van der Waals surface area contributed by atoms with E-state index in [-0.39, 0.29) is 12.1 Å². The zero-order valence-electron chi connectivity index (χ0n) is 19.6. The highest BCUT2D eigenvalue weighted by Crippen LogP contribution is 2.31. The molecule has 7 nitrogen and oxygen atoms in total. The van der Waals surface area contributed by atoms with E-state index in [4.69, 9.17) is 4.74 Å². The maximum Gasteiger partial charge on any atom is 0.410 e. The van der Waals surface area contributed by atoms with E-state index in [9.17, 15) is 4.79 Å². The van der Waals surface area contributed by atoms with Crippen molar-refractivity contribution in [3.8, 4) is 0 Å². The van der Waals surface area contributed by atoms with Gasteiger partial charge in [-0.2, -0.15) is 0 Å². The fourth-order valence-electron chi connectivity index (χ4n) is 3.55. The molecule has 1 fully saturated rings. The first-order chi connectivity index (χ1) is 14.1. The molecule has 2 rings (SSSR count). The number of rotatable bonds is 4. The van der Waals surface area contributed by atoms with Crippen molar-refractivity contribution in [3.63, 3.8) is 0 Å². The molecule has 0 N–H and O–H groups in total. The number of aromatic nitrogens is 2. The monoisotopic (exact) mass is 413 g/mol. The van der Waals surface area contributed by atoms with Gasteiger partial charge in [0.1, 0.15) is 17.7 Å². The smallest absolute Gasteiger partial charge is 0.410 e. The van der Waals surface area contributed by atoms with Gasteiger partial charge in [0.15, 0.2) is 0 Å². The highest BCUT2D eigenvalue weighted by Gasteiger charge is 2.32. The SMILES string of the molecule is C\C=C/N=C(C)\C(=C\C)c1c(C)ncnc1N1CCN(C(=O)OC(C)(C)C)CC1C. The van der Waals surface area contributed by atoms with Crippen molar-refractivity contribution in [1.29, 1.82) is 0 Å². The number of aliphatic imine (C=N–C) groups is 1. The van der Waals surface area contributed by atoms with Gasteiger partial charge >= 0.3 is 6.09 Å². The molecule has 1 saturated heterocycles. The maximum absolute atomic E-state index is 12.5. The Bertz CT molecular complexity index is 852. The van der Waals surface area contributed by atoms with Crippen LogP contribution in [-0.2, 0) is 4.74 Å². The zero-order valence-corrected chi connectivity index (χ0v) is 19.6. The number of carbonyl (C=O) groups is 1. The van der Waals surface area contributed by atoms with Crippen LogP contribution in [0.4, 0.5) is 10.6 Å². The summed E-state index contributed by atoms with van der Waals surface area (Å²) in [6.45, 7) is 17.5. The Morgan fingerprint density at radius 2 is 1.97 bits per heavy atom. The first-order valence-corrected chi connectivity index (χ1v) is 10.5. The van der Waals surface area contributed by atoms with Crippen LogP contribution in [0.2, 0.25) is 0 Å². The number of hydrogen-bond donors (Lipinski definition) is 0. The second-order valence-electron chi connectivity index (χ2n) is 8.53. The van der Waals surface area contributed by atoms with Gasteiger partial charge in [-0.15, -0.1) is 0 Å². The Morgan fingerprint density at radius 1 is 1.27 bits per heavy atom. The molecule has 1 aromatic rings. The fraction of sp³-hybridized carbons (Fsp3) is 0.565. The Labute approximate surface area is 180 Å². The van der Waals surface area contributed by atoms with Crippen LogP contribution in [-0.4, -0.2) is 57.9 Å². The molecule has 30 heavy (non-hydrogen) atoms. The predicted molar refractivity (Wildman–Crippen MR) is 123 cm³/mol. The van der Waals surface area contributed by atoms with E-state index in [2.05, 4.69) is 32.9 Å². The summed E-state index contributed by atoms with van der Waals surface area (Å²) in [5.74, 6) is 0.877. The average molecular weight is 414 g/mol. The van der Waals surface area contributed by atoms with Crippen LogP contribution in [0.15, 0.2) is 29.7 Å². The highest BCUT2D eigenvalue weighted by atomic mass is 16.6. The number of ether oxygens (including phenoxy) is 1. The summed E-state index contributed by atoms with van der Waals surface area (Å²) in [5.41, 5.74) is 3.32. The minimum absolute atomic E-state index is 0.0882. The van der Waals surface area contributed by atoms with E-state index < -0.39 is 5.60 Å². The third-order valence-electron chi connectivity index (χ3n) is 4.93. The molecule has 0 saturated carbocycles. The first-order valence-electron chi connectivity index (χ1n) is 10.5. The summed E-state index contributed by atoms with van der Waals surface area (Å²) >= 11 is 0. The largest absolute Gasteiger partial charge is 0.444 e. The number of hydrogen-bond acceptors (Lipinski definition) is 6. The first kappa shape index (κ1) is 23.6. The van der Waals surface area contributed by atoms with Gasteiger partial charge in [0.25, 0.3) is 0 Å². The molecule has 164 valence electrons. The summed E-state index contributed by atoms with van der Waals surface area (Å²) in [6.07, 6.45) is 7.09. The molecule has 0 spiro atoms. The van der Waals surface area contributed by atoms with Crippen LogP contribution >= 0.6 is 0 Å². The van der Waals surface area contributed by atoms with Crippen LogP contribution in [0.3, 0.4) is 0 Å². The third kappa shape index (κ3) is 5.68. The number of allylic oxidation sites excluding steroid dienone is 3. The predicted octanol–water partition coefficient (Wildman–Crippen LogP) is 4.63. The number of amides is 1. The second kappa shape index (κ2) is 9.87. The lowest BCUT2D eigenvalue weighted by molar-refractivity contribution is 0.0218. The number of piperazine rings is 1. The van der Waals surface area contributed by atoms with Gasteiger partial charge in [-0.25, -0.2) is 14.8 Å². The summed E-state index contributed by atoms with van der Waals surface area (Å²) in [7, 11) is 0. The molecule has 1 amide bonds. The van der Waals surface area contributed by atoms with Crippen molar-refractivity contribution in [2.24, 2.45) is 4.99 Å². The van der Waals surface area contributed by atoms with E-state index in [0.717, 1.165) is 28.4 Å². The van der Waals surface area contributed by atoms with Crippen molar-refractivity contribution in [3.05, 3.63) is 35.9 Å². The molecular weight excluding hydrogens is 378 g/mol. The molecule has 0 radical (unpaired) electrons. The highest BCUT2D eigenvalue weighted by molar-refractivity contribution is 6.24. The van der Waals surface area contributed by atoms with Gasteiger partial charge in [-0.05, 0) is 55.4 Å². The van der Waals surface area contributed by atoms with Crippen molar-refractivity contribution in [1.82, 2.24) is 14.9 Å². The molecule has 0 aliphatic carbocycles. The Kier molecular flexibility index (Phi) is 7.76. The van der Waals surface area contributed by atoms with E-state index in [0.29, 0.717) is 19.6 Å². The van der Waals surface area contributed by atoms with Crippen molar-refractivity contribution >= 4 is 23.2 Å². The maximum atomic E-state index is 12.5. The van der Waals surface area contributed by atoms with E-state index in [1.807, 2.05) is 54.5 Å². The number of nitrogens with zero attached hydrogens (tertiary/aromatic N) is 5. The van der Waals surface area contributed by atoms with Gasteiger partial charge in [-0.3, -0.25) is 4.99 Å². The fourth-order valence-corrected chi connectivity index (χ4v) is 3.55. The molecular formula is C23H35N5O2. The van der Waals surface area contributed by atoms with Crippen molar-refractivity contribution < 1.29 is 9.53 Å². The molecule has 0 aromatic carbocycles. The lowest BCUT2D eigenvalue weighted by Gasteiger charge is -2.41. The van der Waals surface area contributed by atoms with Gasteiger partial charge in [-0.1, -0.05) is 12.2 Å². The van der Waals surface area contributed by atoms with Crippen LogP contribution in [0.1, 0.15) is 59.7 Å². The lowest BCUT2D eigenvalue weighted by Crippen LogP contribution is -2.55. The molecule has 0 bridgehead atoms. The Hall–Kier alpha value is -2.70. The van der Waals surface area contributed by atoms with E-state index in [1.54, 1.807) is 17.4 Å². The standard InChI is InChI=1S/C23H35N5O2/c1-9-11-24-17(4)19(10-2)20-18(5)25-15-26-21(20)28-13-12-27(14-16(28)3)22(29)30-23(6,7)8/h9-11,15-16H,12-14H2,1-8H3/b11-9-,19-10-,24-17-. The molecule has 1 atom stereocenters. The molecule has 1 aromatic heterocycles. The topological polar surface area (TPSA) is 70.9 Å². The molecule has 1 aliphatic rings. The second-order valence-corrected chi connectivity index (χ2v) is 8.53. The molecule has 7 heteroatoms. The van der Waals surface area contributed by atoms with Crippen LogP contribution in [0.25, 0.3) is 5.57 Å². The molecule has 1 unspecified atom stereocenters.